The number of aryl methyl sites for hydroxylation is 1. The summed E-state index contributed by atoms with van der Waals surface area (Å²) in [5, 5.41) is 2.84. The zero-order valence-electron chi connectivity index (χ0n) is 9.40. The topological polar surface area (TPSA) is 51.2 Å². The Morgan fingerprint density at radius 2 is 2.50 bits per heavy atom. The number of hydrogen-bond donors (Lipinski definition) is 1. The molecule has 1 fully saturated rings. The molecular formula is C12H16N2O2. The molecule has 1 atom stereocenters. The SMILES string of the molecule is Cc1cccc(C(=O)NCC2CCCO2)n1. The average molecular weight is 220 g/mol. The highest BCUT2D eigenvalue weighted by Gasteiger charge is 2.16. The Kier molecular flexibility index (Phi) is 3.51. The summed E-state index contributed by atoms with van der Waals surface area (Å²) in [5.74, 6) is -0.126. The molecule has 2 rings (SSSR count). The maximum absolute atomic E-state index is 11.7. The first-order valence-electron chi connectivity index (χ1n) is 5.59. The molecular weight excluding hydrogens is 204 g/mol. The number of aromatic nitrogens is 1. The predicted octanol–water partition coefficient (Wildman–Crippen LogP) is 1.30. The van der Waals surface area contributed by atoms with E-state index in [1.807, 2.05) is 19.1 Å². The van der Waals surface area contributed by atoms with Gasteiger partial charge in [0.25, 0.3) is 5.91 Å². The average Bonchev–Trinajstić information content (AvgIpc) is 2.78. The van der Waals surface area contributed by atoms with Gasteiger partial charge in [0.15, 0.2) is 0 Å². The lowest BCUT2D eigenvalue weighted by Crippen LogP contribution is -2.32. The van der Waals surface area contributed by atoms with Crippen LogP contribution in [-0.2, 0) is 4.74 Å². The molecule has 0 spiro atoms. The first-order chi connectivity index (χ1) is 7.75. The van der Waals surface area contributed by atoms with E-state index in [2.05, 4.69) is 10.3 Å². The molecule has 0 radical (unpaired) electrons. The second kappa shape index (κ2) is 5.07. The van der Waals surface area contributed by atoms with Gasteiger partial charge in [-0.15, -0.1) is 0 Å². The van der Waals surface area contributed by atoms with Crippen LogP contribution in [0.4, 0.5) is 0 Å². The standard InChI is InChI=1S/C12H16N2O2/c1-9-4-2-6-11(14-9)12(15)13-8-10-5-3-7-16-10/h2,4,6,10H,3,5,7-8H2,1H3,(H,13,15). The van der Waals surface area contributed by atoms with Crippen molar-refractivity contribution in [3.8, 4) is 0 Å². The van der Waals surface area contributed by atoms with Crippen LogP contribution in [0.2, 0.25) is 0 Å². The fourth-order valence-corrected chi connectivity index (χ4v) is 1.77. The Labute approximate surface area is 95.0 Å². The molecule has 1 N–H and O–H groups in total. The number of carbonyl (C=O) groups is 1. The highest BCUT2D eigenvalue weighted by atomic mass is 16.5. The van der Waals surface area contributed by atoms with Gasteiger partial charge in [-0.25, -0.2) is 4.98 Å². The summed E-state index contributed by atoms with van der Waals surface area (Å²) in [6.07, 6.45) is 2.29. The van der Waals surface area contributed by atoms with Crippen molar-refractivity contribution in [3.63, 3.8) is 0 Å². The number of carbonyl (C=O) groups excluding carboxylic acids is 1. The molecule has 1 unspecified atom stereocenters. The van der Waals surface area contributed by atoms with Crippen molar-refractivity contribution in [2.24, 2.45) is 0 Å². The number of ether oxygens (including phenoxy) is 1. The van der Waals surface area contributed by atoms with Gasteiger partial charge in [-0.2, -0.15) is 0 Å². The van der Waals surface area contributed by atoms with Crippen LogP contribution >= 0.6 is 0 Å². The summed E-state index contributed by atoms with van der Waals surface area (Å²) < 4.78 is 5.43. The van der Waals surface area contributed by atoms with E-state index in [4.69, 9.17) is 4.74 Å². The third kappa shape index (κ3) is 2.79. The Bertz CT molecular complexity index is 373. The van der Waals surface area contributed by atoms with Gasteiger partial charge in [-0.1, -0.05) is 6.07 Å². The first-order valence-corrected chi connectivity index (χ1v) is 5.59. The highest BCUT2D eigenvalue weighted by molar-refractivity contribution is 5.92. The normalized spacial score (nSPS) is 19.7. The van der Waals surface area contributed by atoms with Gasteiger partial charge < -0.3 is 10.1 Å². The van der Waals surface area contributed by atoms with Crippen LogP contribution < -0.4 is 5.32 Å². The van der Waals surface area contributed by atoms with Crippen molar-refractivity contribution < 1.29 is 9.53 Å². The molecule has 2 heterocycles. The summed E-state index contributed by atoms with van der Waals surface area (Å²) in [5.41, 5.74) is 1.32. The van der Waals surface area contributed by atoms with E-state index < -0.39 is 0 Å². The molecule has 4 nitrogen and oxygen atoms in total. The molecule has 0 aliphatic carbocycles. The molecule has 1 aromatic rings. The fourth-order valence-electron chi connectivity index (χ4n) is 1.77. The van der Waals surface area contributed by atoms with Crippen LogP contribution in [0.15, 0.2) is 18.2 Å². The third-order valence-electron chi connectivity index (χ3n) is 2.64. The third-order valence-corrected chi connectivity index (χ3v) is 2.64. The zero-order chi connectivity index (χ0) is 11.4. The molecule has 86 valence electrons. The maximum atomic E-state index is 11.7. The van der Waals surface area contributed by atoms with Crippen LogP contribution in [0, 0.1) is 6.92 Å². The molecule has 1 amide bonds. The van der Waals surface area contributed by atoms with Crippen LogP contribution in [0.3, 0.4) is 0 Å². The van der Waals surface area contributed by atoms with Crippen molar-refractivity contribution in [1.29, 1.82) is 0 Å². The second-order valence-corrected chi connectivity index (χ2v) is 4.01. The molecule has 16 heavy (non-hydrogen) atoms. The number of nitrogens with one attached hydrogen (secondary N) is 1. The minimum absolute atomic E-state index is 0.126. The Hall–Kier alpha value is -1.42. The Morgan fingerprint density at radius 3 is 3.19 bits per heavy atom. The van der Waals surface area contributed by atoms with Crippen LogP contribution in [0.5, 0.6) is 0 Å². The molecule has 1 saturated heterocycles. The van der Waals surface area contributed by atoms with Gasteiger partial charge in [-0.05, 0) is 31.9 Å². The molecule has 1 aromatic heterocycles. The molecule has 1 aliphatic rings. The van der Waals surface area contributed by atoms with Crippen molar-refractivity contribution >= 4 is 5.91 Å². The van der Waals surface area contributed by atoms with E-state index in [1.165, 1.54) is 0 Å². The summed E-state index contributed by atoms with van der Waals surface area (Å²) in [6, 6.07) is 5.43. The lowest BCUT2D eigenvalue weighted by atomic mass is 10.2. The van der Waals surface area contributed by atoms with E-state index in [0.29, 0.717) is 12.2 Å². The Morgan fingerprint density at radius 1 is 1.62 bits per heavy atom. The van der Waals surface area contributed by atoms with E-state index in [-0.39, 0.29) is 12.0 Å². The molecule has 0 saturated carbocycles. The molecule has 4 heteroatoms. The Balaban J connectivity index is 1.87. The smallest absolute Gasteiger partial charge is 0.269 e. The quantitative estimate of drug-likeness (QED) is 0.835. The number of pyridine rings is 1. The van der Waals surface area contributed by atoms with Crippen LogP contribution in [-0.4, -0.2) is 30.1 Å². The fraction of sp³-hybridized carbons (Fsp3) is 0.500. The second-order valence-electron chi connectivity index (χ2n) is 4.01. The summed E-state index contributed by atoms with van der Waals surface area (Å²) in [6.45, 7) is 3.26. The highest BCUT2D eigenvalue weighted by Crippen LogP contribution is 2.10. The zero-order valence-corrected chi connectivity index (χ0v) is 9.40. The minimum Gasteiger partial charge on any atom is -0.376 e. The molecule has 1 aliphatic heterocycles. The van der Waals surface area contributed by atoms with Gasteiger partial charge in [0.2, 0.25) is 0 Å². The summed E-state index contributed by atoms with van der Waals surface area (Å²) >= 11 is 0. The number of rotatable bonds is 3. The van der Waals surface area contributed by atoms with E-state index in [0.717, 1.165) is 25.1 Å². The lowest BCUT2D eigenvalue weighted by molar-refractivity contribution is 0.0853. The van der Waals surface area contributed by atoms with Gasteiger partial charge in [0.1, 0.15) is 5.69 Å². The largest absolute Gasteiger partial charge is 0.376 e. The van der Waals surface area contributed by atoms with Gasteiger partial charge in [0, 0.05) is 18.8 Å². The summed E-state index contributed by atoms with van der Waals surface area (Å²) in [4.78, 5) is 15.9. The molecule has 0 bridgehead atoms. The van der Waals surface area contributed by atoms with Crippen LogP contribution in [0.1, 0.15) is 29.0 Å². The lowest BCUT2D eigenvalue weighted by Gasteiger charge is -2.10. The monoisotopic (exact) mass is 220 g/mol. The minimum atomic E-state index is -0.126. The maximum Gasteiger partial charge on any atom is 0.269 e. The number of hydrogen-bond acceptors (Lipinski definition) is 3. The van der Waals surface area contributed by atoms with Crippen molar-refractivity contribution in [3.05, 3.63) is 29.6 Å². The number of nitrogens with zero attached hydrogens (tertiary/aromatic N) is 1. The summed E-state index contributed by atoms with van der Waals surface area (Å²) in [7, 11) is 0. The van der Waals surface area contributed by atoms with Gasteiger partial charge in [-0.3, -0.25) is 4.79 Å². The van der Waals surface area contributed by atoms with E-state index in [9.17, 15) is 4.79 Å². The number of amides is 1. The van der Waals surface area contributed by atoms with Crippen molar-refractivity contribution in [2.45, 2.75) is 25.9 Å². The van der Waals surface area contributed by atoms with E-state index in [1.54, 1.807) is 6.07 Å². The van der Waals surface area contributed by atoms with Crippen molar-refractivity contribution in [2.75, 3.05) is 13.2 Å². The predicted molar refractivity (Wildman–Crippen MR) is 60.3 cm³/mol. The first kappa shape index (κ1) is 11.1. The van der Waals surface area contributed by atoms with Gasteiger partial charge in [0.05, 0.1) is 6.10 Å². The van der Waals surface area contributed by atoms with Crippen LogP contribution in [0.25, 0.3) is 0 Å². The molecule has 0 aromatic carbocycles. The van der Waals surface area contributed by atoms with Crippen molar-refractivity contribution in [1.82, 2.24) is 10.3 Å². The van der Waals surface area contributed by atoms with Gasteiger partial charge >= 0.3 is 0 Å². The van der Waals surface area contributed by atoms with E-state index >= 15 is 0 Å².